The number of aryl methyl sites for hydroxylation is 1. The molecule has 0 aliphatic carbocycles. The summed E-state index contributed by atoms with van der Waals surface area (Å²) in [4.78, 5) is 4.45. The summed E-state index contributed by atoms with van der Waals surface area (Å²) in [5, 5.41) is 4.82. The van der Waals surface area contributed by atoms with Crippen LogP contribution in [0, 0.1) is 11.8 Å². The molecule has 1 heterocycles. The first kappa shape index (κ1) is 16.0. The second-order valence-electron chi connectivity index (χ2n) is 6.35. The van der Waals surface area contributed by atoms with Gasteiger partial charge in [0, 0.05) is 17.0 Å². The van der Waals surface area contributed by atoms with Gasteiger partial charge in [-0.05, 0) is 36.3 Å². The minimum atomic E-state index is 0.584. The van der Waals surface area contributed by atoms with Crippen LogP contribution in [0.3, 0.4) is 0 Å². The summed E-state index contributed by atoms with van der Waals surface area (Å²) in [5.74, 6) is 2.53. The van der Waals surface area contributed by atoms with E-state index in [1.807, 2.05) is 12.1 Å². The zero-order valence-corrected chi connectivity index (χ0v) is 13.9. The fourth-order valence-electron chi connectivity index (χ4n) is 2.18. The molecule has 2 rings (SSSR count). The Labute approximate surface area is 131 Å². The Kier molecular flexibility index (Phi) is 5.40. The van der Waals surface area contributed by atoms with Gasteiger partial charge in [0.2, 0.25) is 11.7 Å². The van der Waals surface area contributed by atoms with Gasteiger partial charge in [-0.15, -0.1) is 0 Å². The Hall–Kier alpha value is -1.35. The van der Waals surface area contributed by atoms with Gasteiger partial charge < -0.3 is 4.52 Å². The second-order valence-corrected chi connectivity index (χ2v) is 6.76. The number of benzene rings is 1. The van der Waals surface area contributed by atoms with Gasteiger partial charge in [-0.25, -0.2) is 0 Å². The van der Waals surface area contributed by atoms with Crippen LogP contribution in [0.5, 0.6) is 0 Å². The molecule has 4 heteroatoms. The largest absolute Gasteiger partial charge is 0.339 e. The molecule has 0 fully saturated rings. The van der Waals surface area contributed by atoms with Gasteiger partial charge in [0.25, 0.3) is 0 Å². The topological polar surface area (TPSA) is 38.9 Å². The molecule has 1 aromatic carbocycles. The van der Waals surface area contributed by atoms with Crippen molar-refractivity contribution in [3.05, 3.63) is 34.7 Å². The Bertz CT molecular complexity index is 590. The number of rotatable bonds is 6. The van der Waals surface area contributed by atoms with Gasteiger partial charge in [-0.2, -0.15) is 4.98 Å². The minimum absolute atomic E-state index is 0.584. The molecule has 0 N–H and O–H groups in total. The zero-order chi connectivity index (χ0) is 15.4. The van der Waals surface area contributed by atoms with E-state index in [1.54, 1.807) is 0 Å². The standard InChI is InChI=1S/C17H23ClN2O/c1-11(2)5-8-16-19-17(20-21-16)14-7-6-13(9-12(3)4)15(18)10-14/h6-7,10-12H,5,8-9H2,1-4H3. The van der Waals surface area contributed by atoms with Crippen molar-refractivity contribution in [3.63, 3.8) is 0 Å². The minimum Gasteiger partial charge on any atom is -0.339 e. The summed E-state index contributed by atoms with van der Waals surface area (Å²) < 4.78 is 5.30. The van der Waals surface area contributed by atoms with Crippen molar-refractivity contribution in [2.24, 2.45) is 11.8 Å². The average Bonchev–Trinajstić information content (AvgIpc) is 2.87. The van der Waals surface area contributed by atoms with Crippen LogP contribution >= 0.6 is 11.6 Å². The first-order chi connectivity index (χ1) is 9.95. The second kappa shape index (κ2) is 7.08. The van der Waals surface area contributed by atoms with Gasteiger partial charge in [0.05, 0.1) is 0 Å². The van der Waals surface area contributed by atoms with Crippen molar-refractivity contribution in [1.29, 1.82) is 0 Å². The van der Waals surface area contributed by atoms with E-state index in [4.69, 9.17) is 16.1 Å². The van der Waals surface area contributed by atoms with E-state index in [2.05, 4.69) is 43.9 Å². The molecule has 0 saturated heterocycles. The van der Waals surface area contributed by atoms with E-state index < -0.39 is 0 Å². The molecular weight excluding hydrogens is 284 g/mol. The van der Waals surface area contributed by atoms with E-state index in [0.29, 0.717) is 23.6 Å². The molecule has 0 aliphatic heterocycles. The maximum absolute atomic E-state index is 6.35. The molecule has 21 heavy (non-hydrogen) atoms. The van der Waals surface area contributed by atoms with Crippen LogP contribution in [0.1, 0.15) is 45.6 Å². The van der Waals surface area contributed by atoms with Crippen LogP contribution in [0.15, 0.2) is 22.7 Å². The molecule has 0 radical (unpaired) electrons. The van der Waals surface area contributed by atoms with Crippen LogP contribution in [0.25, 0.3) is 11.4 Å². The molecule has 0 bridgehead atoms. The summed E-state index contributed by atoms with van der Waals surface area (Å²) in [7, 11) is 0. The van der Waals surface area contributed by atoms with Crippen LogP contribution in [-0.2, 0) is 12.8 Å². The van der Waals surface area contributed by atoms with Crippen LogP contribution in [0.2, 0.25) is 5.02 Å². The molecular formula is C17H23ClN2O. The van der Waals surface area contributed by atoms with E-state index in [-0.39, 0.29) is 0 Å². The lowest BCUT2D eigenvalue weighted by Gasteiger charge is -2.07. The molecule has 0 atom stereocenters. The molecule has 0 amide bonds. The molecule has 2 aromatic rings. The molecule has 0 spiro atoms. The third kappa shape index (κ3) is 4.57. The Morgan fingerprint density at radius 2 is 1.90 bits per heavy atom. The maximum Gasteiger partial charge on any atom is 0.226 e. The highest BCUT2D eigenvalue weighted by atomic mass is 35.5. The Morgan fingerprint density at radius 3 is 2.52 bits per heavy atom. The van der Waals surface area contributed by atoms with Crippen molar-refractivity contribution in [1.82, 2.24) is 10.1 Å². The van der Waals surface area contributed by atoms with Gasteiger partial charge in [0.15, 0.2) is 0 Å². The Morgan fingerprint density at radius 1 is 1.14 bits per heavy atom. The Balaban J connectivity index is 2.13. The van der Waals surface area contributed by atoms with Crippen molar-refractivity contribution in [2.75, 3.05) is 0 Å². The van der Waals surface area contributed by atoms with Gasteiger partial charge in [0.1, 0.15) is 0 Å². The highest BCUT2D eigenvalue weighted by molar-refractivity contribution is 6.31. The van der Waals surface area contributed by atoms with Crippen molar-refractivity contribution < 1.29 is 4.52 Å². The SMILES string of the molecule is CC(C)CCc1nc(-c2ccc(CC(C)C)c(Cl)c2)no1. The molecule has 0 saturated carbocycles. The predicted molar refractivity (Wildman–Crippen MR) is 86.4 cm³/mol. The summed E-state index contributed by atoms with van der Waals surface area (Å²) in [6, 6.07) is 6.00. The molecule has 3 nitrogen and oxygen atoms in total. The van der Waals surface area contributed by atoms with Crippen LogP contribution in [0.4, 0.5) is 0 Å². The van der Waals surface area contributed by atoms with Crippen molar-refractivity contribution >= 4 is 11.6 Å². The van der Waals surface area contributed by atoms with Crippen molar-refractivity contribution in [3.8, 4) is 11.4 Å². The third-order valence-electron chi connectivity index (χ3n) is 3.34. The van der Waals surface area contributed by atoms with E-state index >= 15 is 0 Å². The summed E-state index contributed by atoms with van der Waals surface area (Å²) in [5.41, 5.74) is 2.07. The molecule has 114 valence electrons. The fourth-order valence-corrected chi connectivity index (χ4v) is 2.44. The maximum atomic E-state index is 6.35. The molecule has 1 aromatic heterocycles. The summed E-state index contributed by atoms with van der Waals surface area (Å²) >= 11 is 6.35. The lowest BCUT2D eigenvalue weighted by molar-refractivity contribution is 0.368. The fraction of sp³-hybridized carbons (Fsp3) is 0.529. The monoisotopic (exact) mass is 306 g/mol. The van der Waals surface area contributed by atoms with E-state index in [0.717, 1.165) is 29.8 Å². The molecule has 0 unspecified atom stereocenters. The van der Waals surface area contributed by atoms with Gasteiger partial charge >= 0.3 is 0 Å². The van der Waals surface area contributed by atoms with Crippen LogP contribution in [-0.4, -0.2) is 10.1 Å². The third-order valence-corrected chi connectivity index (χ3v) is 3.69. The number of nitrogens with zero attached hydrogens (tertiary/aromatic N) is 2. The lowest BCUT2D eigenvalue weighted by Crippen LogP contribution is -1.95. The first-order valence-corrected chi connectivity index (χ1v) is 7.95. The average molecular weight is 307 g/mol. The smallest absolute Gasteiger partial charge is 0.226 e. The zero-order valence-electron chi connectivity index (χ0n) is 13.2. The molecule has 0 aliphatic rings. The number of halogens is 1. The van der Waals surface area contributed by atoms with Crippen molar-refractivity contribution in [2.45, 2.75) is 47.0 Å². The van der Waals surface area contributed by atoms with Gasteiger partial charge in [-0.3, -0.25) is 0 Å². The quantitative estimate of drug-likeness (QED) is 0.738. The summed E-state index contributed by atoms with van der Waals surface area (Å²) in [6.45, 7) is 8.74. The number of hydrogen-bond acceptors (Lipinski definition) is 3. The van der Waals surface area contributed by atoms with E-state index in [1.165, 1.54) is 5.56 Å². The summed E-state index contributed by atoms with van der Waals surface area (Å²) in [6.07, 6.45) is 2.85. The normalized spacial score (nSPS) is 11.6. The predicted octanol–water partition coefficient (Wildman–Crippen LogP) is 5.18. The van der Waals surface area contributed by atoms with E-state index in [9.17, 15) is 0 Å². The lowest BCUT2D eigenvalue weighted by atomic mass is 10.0. The van der Waals surface area contributed by atoms with Gasteiger partial charge in [-0.1, -0.05) is 56.6 Å². The number of hydrogen-bond donors (Lipinski definition) is 0. The highest BCUT2D eigenvalue weighted by Crippen LogP contribution is 2.26. The van der Waals surface area contributed by atoms with Crippen LogP contribution < -0.4 is 0 Å². The first-order valence-electron chi connectivity index (χ1n) is 7.57. The number of aromatic nitrogens is 2. The highest BCUT2D eigenvalue weighted by Gasteiger charge is 2.11.